The molecule has 0 spiro atoms. The normalized spacial score (nSPS) is 30.9. The first-order chi connectivity index (χ1) is 11.0. The molecule has 0 aromatic rings. The zero-order valence-corrected chi connectivity index (χ0v) is 19.0. The van der Waals surface area contributed by atoms with Crippen molar-refractivity contribution in [2.24, 2.45) is 22.5 Å². The van der Waals surface area contributed by atoms with Crippen LogP contribution in [0.4, 0.5) is 0 Å². The lowest BCUT2D eigenvalue weighted by Gasteiger charge is -2.34. The molecule has 1 saturated carbocycles. The van der Waals surface area contributed by atoms with Crippen LogP contribution in [0.5, 0.6) is 0 Å². The molecule has 2 N–H and O–H groups in total. The third kappa shape index (κ3) is 11.5. The second-order valence-electron chi connectivity index (χ2n) is 9.31. The van der Waals surface area contributed by atoms with Crippen molar-refractivity contribution in [3.05, 3.63) is 0 Å². The van der Waals surface area contributed by atoms with Crippen LogP contribution in [0.15, 0.2) is 0 Å². The molecule has 24 heavy (non-hydrogen) atoms. The minimum Gasteiger partial charge on any atom is -0.325 e. The van der Waals surface area contributed by atoms with Gasteiger partial charge < -0.3 is 5.73 Å². The lowest BCUT2D eigenvalue weighted by molar-refractivity contribution is 0.178. The fourth-order valence-corrected chi connectivity index (χ4v) is 3.59. The van der Waals surface area contributed by atoms with Gasteiger partial charge in [0.25, 0.3) is 0 Å². The maximum Gasteiger partial charge on any atom is 0.0126 e. The summed E-state index contributed by atoms with van der Waals surface area (Å²) >= 11 is 0. The Kier molecular flexibility index (Phi) is 13.5. The fourth-order valence-electron chi connectivity index (χ4n) is 3.59. The summed E-state index contributed by atoms with van der Waals surface area (Å²) in [5.74, 6) is 0.777. The minimum absolute atomic E-state index is 0.0362. The summed E-state index contributed by atoms with van der Waals surface area (Å²) in [4.78, 5) is 0. The molecule has 1 fully saturated rings. The van der Waals surface area contributed by atoms with Crippen molar-refractivity contribution < 1.29 is 0 Å². The van der Waals surface area contributed by atoms with Crippen LogP contribution in [0.2, 0.25) is 0 Å². The highest BCUT2D eigenvalue weighted by Crippen LogP contribution is 2.39. The van der Waals surface area contributed by atoms with Gasteiger partial charge in [0.05, 0.1) is 0 Å². The molecule has 1 aliphatic rings. The predicted molar refractivity (Wildman–Crippen MR) is 114 cm³/mol. The summed E-state index contributed by atoms with van der Waals surface area (Å²) < 4.78 is 0. The van der Waals surface area contributed by atoms with E-state index in [1.54, 1.807) is 0 Å². The van der Waals surface area contributed by atoms with E-state index in [0.29, 0.717) is 10.8 Å². The lowest BCUT2D eigenvalue weighted by Crippen LogP contribution is -2.37. The van der Waals surface area contributed by atoms with E-state index in [9.17, 15) is 0 Å². The molecule has 0 aliphatic heterocycles. The smallest absolute Gasteiger partial charge is 0.0126 e. The Balaban J connectivity index is 0. The van der Waals surface area contributed by atoms with Crippen LogP contribution in [-0.4, -0.2) is 5.54 Å². The maximum atomic E-state index is 6.54. The van der Waals surface area contributed by atoms with Crippen LogP contribution >= 0.6 is 0 Å². The molecule has 0 radical (unpaired) electrons. The van der Waals surface area contributed by atoms with E-state index < -0.39 is 0 Å². The van der Waals surface area contributed by atoms with Gasteiger partial charge in [-0.15, -0.1) is 0 Å². The Morgan fingerprint density at radius 2 is 1.12 bits per heavy atom. The molecule has 1 aliphatic carbocycles. The molecule has 0 aromatic carbocycles. The third-order valence-electron chi connectivity index (χ3n) is 6.01. The van der Waals surface area contributed by atoms with Crippen molar-refractivity contribution in [3.63, 3.8) is 0 Å². The van der Waals surface area contributed by atoms with E-state index in [1.807, 2.05) is 27.7 Å². The van der Waals surface area contributed by atoms with Crippen LogP contribution in [0.25, 0.3) is 0 Å². The largest absolute Gasteiger partial charge is 0.325 e. The van der Waals surface area contributed by atoms with Gasteiger partial charge in [0.15, 0.2) is 0 Å². The van der Waals surface area contributed by atoms with Crippen LogP contribution in [-0.2, 0) is 0 Å². The quantitative estimate of drug-likeness (QED) is 0.475. The molecule has 2 atom stereocenters. The highest BCUT2D eigenvalue weighted by Gasteiger charge is 2.29. The van der Waals surface area contributed by atoms with E-state index in [-0.39, 0.29) is 5.54 Å². The first-order valence-corrected chi connectivity index (χ1v) is 10.8. The van der Waals surface area contributed by atoms with Crippen molar-refractivity contribution in [1.29, 1.82) is 0 Å². The number of hydrogen-bond acceptors (Lipinski definition) is 1. The monoisotopic (exact) mass is 341 g/mol. The van der Waals surface area contributed by atoms with Gasteiger partial charge in [-0.1, -0.05) is 81.6 Å². The molecule has 0 saturated heterocycles. The molecule has 148 valence electrons. The summed E-state index contributed by atoms with van der Waals surface area (Å²) in [6.07, 6.45) is 11.8. The third-order valence-corrected chi connectivity index (χ3v) is 6.01. The van der Waals surface area contributed by atoms with E-state index in [2.05, 4.69) is 41.5 Å². The summed E-state index contributed by atoms with van der Waals surface area (Å²) in [6, 6.07) is 0. The van der Waals surface area contributed by atoms with Crippen LogP contribution < -0.4 is 5.73 Å². The first kappa shape index (κ1) is 26.2. The molecule has 1 heteroatoms. The summed E-state index contributed by atoms with van der Waals surface area (Å²) in [7, 11) is 0. The van der Waals surface area contributed by atoms with Crippen molar-refractivity contribution in [1.82, 2.24) is 0 Å². The van der Waals surface area contributed by atoms with Gasteiger partial charge in [-0.2, -0.15) is 0 Å². The molecule has 0 amide bonds. The minimum atomic E-state index is 0.0362. The van der Waals surface area contributed by atoms with Crippen LogP contribution in [0.1, 0.15) is 127 Å². The molecule has 1 rings (SSSR count). The Morgan fingerprint density at radius 3 is 1.67 bits per heavy atom. The highest BCUT2D eigenvalue weighted by molar-refractivity contribution is 4.84. The molecule has 0 bridgehead atoms. The summed E-state index contributed by atoms with van der Waals surface area (Å²) in [5, 5.41) is 0. The van der Waals surface area contributed by atoms with Gasteiger partial charge in [0, 0.05) is 5.54 Å². The van der Waals surface area contributed by atoms with Gasteiger partial charge >= 0.3 is 0 Å². The Morgan fingerprint density at radius 1 is 0.667 bits per heavy atom. The molecule has 0 heterocycles. The zero-order chi connectivity index (χ0) is 19.4. The summed E-state index contributed by atoms with van der Waals surface area (Å²) in [6.45, 7) is 22.5. The van der Waals surface area contributed by atoms with E-state index in [0.717, 1.165) is 5.92 Å². The van der Waals surface area contributed by atoms with Crippen LogP contribution in [0.3, 0.4) is 0 Å². The first-order valence-electron chi connectivity index (χ1n) is 10.8. The molecular formula is C23H51N. The van der Waals surface area contributed by atoms with E-state index in [1.165, 1.54) is 57.8 Å². The van der Waals surface area contributed by atoms with Gasteiger partial charge in [-0.3, -0.25) is 0 Å². The van der Waals surface area contributed by atoms with Gasteiger partial charge in [-0.05, 0) is 62.2 Å². The Labute approximate surface area is 155 Å². The van der Waals surface area contributed by atoms with E-state index >= 15 is 0 Å². The topological polar surface area (TPSA) is 26.0 Å². The molecular weight excluding hydrogens is 290 g/mol. The number of rotatable bonds is 0. The Bertz CT molecular complexity index is 288. The number of nitrogens with two attached hydrogens (primary N) is 1. The van der Waals surface area contributed by atoms with Gasteiger partial charge in [-0.25, -0.2) is 0 Å². The SMILES string of the molecule is CC.CC.CC1CCC(C)(N)CCCC(C)(C)CCCCC1(C)C. The Hall–Kier alpha value is -0.0400. The van der Waals surface area contributed by atoms with Crippen molar-refractivity contribution in [2.45, 2.75) is 133 Å². The molecule has 2 unspecified atom stereocenters. The highest BCUT2D eigenvalue weighted by atomic mass is 14.7. The number of hydrogen-bond donors (Lipinski definition) is 1. The van der Waals surface area contributed by atoms with Crippen molar-refractivity contribution >= 4 is 0 Å². The van der Waals surface area contributed by atoms with Crippen molar-refractivity contribution in [2.75, 3.05) is 0 Å². The second-order valence-corrected chi connectivity index (χ2v) is 9.31. The standard InChI is InChI=1S/C19H39N.2C2H6/c1-16-10-15-19(6,20)14-9-12-17(2,3)11-7-8-13-18(16,4)5;2*1-2/h16H,7-15,20H2,1-6H3;2*1-2H3. The lowest BCUT2D eigenvalue weighted by atomic mass is 9.72. The predicted octanol–water partition coefficient (Wildman–Crippen LogP) is 7.97. The van der Waals surface area contributed by atoms with Gasteiger partial charge in [0.1, 0.15) is 0 Å². The van der Waals surface area contributed by atoms with Crippen molar-refractivity contribution in [3.8, 4) is 0 Å². The van der Waals surface area contributed by atoms with Crippen LogP contribution in [0, 0.1) is 16.7 Å². The van der Waals surface area contributed by atoms with E-state index in [4.69, 9.17) is 5.73 Å². The average Bonchev–Trinajstić information content (AvgIpc) is 2.52. The fraction of sp³-hybridized carbons (Fsp3) is 1.00. The zero-order valence-electron chi connectivity index (χ0n) is 19.0. The summed E-state index contributed by atoms with van der Waals surface area (Å²) in [5.41, 5.74) is 7.54. The molecule has 0 aromatic heterocycles. The molecule has 1 nitrogen and oxygen atoms in total. The average molecular weight is 342 g/mol. The second kappa shape index (κ2) is 12.3. The van der Waals surface area contributed by atoms with Gasteiger partial charge in [0.2, 0.25) is 0 Å². The maximum absolute atomic E-state index is 6.54.